The Balaban J connectivity index is 2.72. The van der Waals surface area contributed by atoms with E-state index < -0.39 is 10.0 Å². The van der Waals surface area contributed by atoms with Gasteiger partial charge in [0.2, 0.25) is 10.0 Å². The zero-order valence-corrected chi connectivity index (χ0v) is 9.96. The van der Waals surface area contributed by atoms with E-state index in [-0.39, 0.29) is 22.1 Å². The van der Waals surface area contributed by atoms with E-state index in [1.807, 2.05) is 0 Å². The number of hydrogen-bond donors (Lipinski definition) is 1. The Hall–Kier alpha value is 0.200. The second-order valence-electron chi connectivity index (χ2n) is 4.72. The maximum absolute atomic E-state index is 11.2. The van der Waals surface area contributed by atoms with Crippen LogP contribution in [0.25, 0.3) is 0 Å². The van der Waals surface area contributed by atoms with Gasteiger partial charge in [-0.2, -0.15) is 0 Å². The summed E-state index contributed by atoms with van der Waals surface area (Å²) in [5, 5.41) is -0.365. The summed E-state index contributed by atoms with van der Waals surface area (Å²) in [6.45, 7) is 8.20. The third-order valence-corrected chi connectivity index (χ3v) is 5.21. The first-order valence-electron chi connectivity index (χ1n) is 4.21. The molecule has 0 aliphatic heterocycles. The zero-order chi connectivity index (χ0) is 10.5. The van der Waals surface area contributed by atoms with Gasteiger partial charge in [-0.25, -0.2) is 13.1 Å². The van der Waals surface area contributed by atoms with E-state index in [2.05, 4.69) is 32.4 Å². The topological polar surface area (TPSA) is 46.2 Å². The molecule has 0 bridgehead atoms. The van der Waals surface area contributed by atoms with Gasteiger partial charge in [0.1, 0.15) is 5.21 Å². The third-order valence-electron chi connectivity index (χ3n) is 3.46. The summed E-state index contributed by atoms with van der Waals surface area (Å²) in [5.41, 5.74) is 0.0399. The van der Waals surface area contributed by atoms with Gasteiger partial charge in [0.05, 0.1) is 0 Å². The monoisotopic (exact) mass is 225 g/mol. The fourth-order valence-electron chi connectivity index (χ4n) is 1.70. The first-order chi connectivity index (χ1) is 5.65. The summed E-state index contributed by atoms with van der Waals surface area (Å²) in [6.07, 6.45) is 0. The quantitative estimate of drug-likeness (QED) is 0.741. The SMILES string of the molecule is CC1(C)C(NS(=O)(=O)CCl)C1(C)C. The molecule has 0 amide bonds. The molecule has 0 spiro atoms. The van der Waals surface area contributed by atoms with Gasteiger partial charge in [0.25, 0.3) is 0 Å². The largest absolute Gasteiger partial charge is 0.225 e. The Morgan fingerprint density at radius 1 is 1.23 bits per heavy atom. The lowest BCUT2D eigenvalue weighted by Crippen LogP contribution is -2.30. The lowest BCUT2D eigenvalue weighted by Gasteiger charge is -2.04. The van der Waals surface area contributed by atoms with Gasteiger partial charge < -0.3 is 0 Å². The molecule has 1 rings (SSSR count). The second kappa shape index (κ2) is 2.84. The van der Waals surface area contributed by atoms with Crippen LogP contribution in [0.5, 0.6) is 0 Å². The van der Waals surface area contributed by atoms with Crippen LogP contribution in [-0.4, -0.2) is 19.7 Å². The fraction of sp³-hybridized carbons (Fsp3) is 1.00. The van der Waals surface area contributed by atoms with Crippen LogP contribution in [0.15, 0.2) is 0 Å². The highest BCUT2D eigenvalue weighted by Crippen LogP contribution is 2.62. The van der Waals surface area contributed by atoms with Gasteiger partial charge in [0.15, 0.2) is 0 Å². The Bertz CT molecular complexity index is 294. The van der Waals surface area contributed by atoms with E-state index in [0.717, 1.165) is 0 Å². The lowest BCUT2D eigenvalue weighted by atomic mass is 10.0. The van der Waals surface area contributed by atoms with Crippen LogP contribution < -0.4 is 4.72 Å². The molecular weight excluding hydrogens is 210 g/mol. The summed E-state index contributed by atoms with van der Waals surface area (Å²) < 4.78 is 25.0. The smallest absolute Gasteiger partial charge is 0.211 e. The van der Waals surface area contributed by atoms with Crippen molar-refractivity contribution in [3.05, 3.63) is 0 Å². The molecule has 1 fully saturated rings. The molecule has 0 heterocycles. The molecule has 0 unspecified atom stereocenters. The van der Waals surface area contributed by atoms with E-state index in [1.54, 1.807) is 0 Å². The summed E-state index contributed by atoms with van der Waals surface area (Å²) >= 11 is 5.30. The summed E-state index contributed by atoms with van der Waals surface area (Å²) in [4.78, 5) is 0. The van der Waals surface area contributed by atoms with Crippen molar-refractivity contribution in [2.75, 3.05) is 5.21 Å². The van der Waals surface area contributed by atoms with Gasteiger partial charge in [0, 0.05) is 6.04 Å². The molecular formula is C8H16ClNO2S. The molecule has 5 heteroatoms. The molecule has 0 saturated heterocycles. The standard InChI is InChI=1S/C8H16ClNO2S/c1-7(2)6(8(7,3)4)10-13(11,12)5-9/h6,10H,5H2,1-4H3. The van der Waals surface area contributed by atoms with Crippen molar-refractivity contribution in [2.45, 2.75) is 33.7 Å². The number of rotatable bonds is 3. The first-order valence-corrected chi connectivity index (χ1v) is 6.40. The Labute approximate surface area is 84.9 Å². The van der Waals surface area contributed by atoms with Crippen LogP contribution >= 0.6 is 11.6 Å². The van der Waals surface area contributed by atoms with Gasteiger partial charge in [-0.1, -0.05) is 27.7 Å². The first kappa shape index (κ1) is 11.3. The summed E-state index contributed by atoms with van der Waals surface area (Å²) in [5.74, 6) is 0. The molecule has 3 nitrogen and oxygen atoms in total. The van der Waals surface area contributed by atoms with Crippen LogP contribution in [0, 0.1) is 10.8 Å². The predicted octanol–water partition coefficient (Wildman–Crippen LogP) is 1.54. The molecule has 1 N–H and O–H groups in total. The highest BCUT2D eigenvalue weighted by molar-refractivity contribution is 7.90. The molecule has 1 saturated carbocycles. The van der Waals surface area contributed by atoms with Crippen LogP contribution in [0.2, 0.25) is 0 Å². The Morgan fingerprint density at radius 2 is 1.62 bits per heavy atom. The number of halogens is 1. The second-order valence-corrected chi connectivity index (χ2v) is 7.06. The molecule has 0 radical (unpaired) electrons. The highest BCUT2D eigenvalue weighted by Gasteiger charge is 2.65. The summed E-state index contributed by atoms with van der Waals surface area (Å²) in [6, 6.07) is 0.00347. The van der Waals surface area contributed by atoms with Crippen molar-refractivity contribution in [1.82, 2.24) is 4.72 Å². The van der Waals surface area contributed by atoms with Crippen LogP contribution in [0.3, 0.4) is 0 Å². The highest BCUT2D eigenvalue weighted by atomic mass is 35.5. The van der Waals surface area contributed by atoms with Crippen molar-refractivity contribution >= 4 is 21.6 Å². The van der Waals surface area contributed by atoms with Crippen molar-refractivity contribution < 1.29 is 8.42 Å². The van der Waals surface area contributed by atoms with Crippen LogP contribution in [-0.2, 0) is 10.0 Å². The molecule has 13 heavy (non-hydrogen) atoms. The summed E-state index contributed by atoms with van der Waals surface area (Å²) in [7, 11) is -3.28. The molecule has 0 atom stereocenters. The van der Waals surface area contributed by atoms with Crippen LogP contribution in [0.1, 0.15) is 27.7 Å². The van der Waals surface area contributed by atoms with E-state index in [0.29, 0.717) is 0 Å². The van der Waals surface area contributed by atoms with E-state index >= 15 is 0 Å². The molecule has 1 aliphatic carbocycles. The molecule has 0 aromatic carbocycles. The van der Waals surface area contributed by atoms with Crippen molar-refractivity contribution in [3.8, 4) is 0 Å². The van der Waals surface area contributed by atoms with Crippen LogP contribution in [0.4, 0.5) is 0 Å². The Morgan fingerprint density at radius 3 is 1.85 bits per heavy atom. The van der Waals surface area contributed by atoms with Gasteiger partial charge in [-0.15, -0.1) is 11.6 Å². The molecule has 78 valence electrons. The molecule has 0 aromatic heterocycles. The minimum absolute atomic E-state index is 0.00347. The average Bonchev–Trinajstić information content (AvgIpc) is 2.33. The van der Waals surface area contributed by atoms with Crippen molar-refractivity contribution in [3.63, 3.8) is 0 Å². The minimum Gasteiger partial charge on any atom is -0.211 e. The number of sulfonamides is 1. The maximum atomic E-state index is 11.2. The normalized spacial score (nSPS) is 25.9. The zero-order valence-electron chi connectivity index (χ0n) is 8.39. The molecule has 1 aliphatic rings. The van der Waals surface area contributed by atoms with Gasteiger partial charge >= 0.3 is 0 Å². The van der Waals surface area contributed by atoms with Gasteiger partial charge in [-0.3, -0.25) is 0 Å². The molecule has 0 aromatic rings. The third kappa shape index (κ3) is 1.72. The van der Waals surface area contributed by atoms with E-state index in [1.165, 1.54) is 0 Å². The average molecular weight is 226 g/mol. The number of nitrogens with one attached hydrogen (secondary N) is 1. The number of hydrogen-bond acceptors (Lipinski definition) is 2. The van der Waals surface area contributed by atoms with E-state index in [4.69, 9.17) is 11.6 Å². The lowest BCUT2D eigenvalue weighted by molar-refractivity contribution is 0.457. The van der Waals surface area contributed by atoms with Crippen molar-refractivity contribution in [1.29, 1.82) is 0 Å². The minimum atomic E-state index is -3.28. The van der Waals surface area contributed by atoms with Gasteiger partial charge in [-0.05, 0) is 10.8 Å². The Kier molecular flexibility index (Phi) is 2.47. The number of alkyl halides is 1. The fourth-order valence-corrected chi connectivity index (χ4v) is 2.90. The van der Waals surface area contributed by atoms with E-state index in [9.17, 15) is 8.42 Å². The maximum Gasteiger partial charge on any atom is 0.225 e. The van der Waals surface area contributed by atoms with Crippen molar-refractivity contribution in [2.24, 2.45) is 10.8 Å². The predicted molar refractivity (Wildman–Crippen MR) is 54.1 cm³/mol.